The molecule has 15 heavy (non-hydrogen) atoms. The van der Waals surface area contributed by atoms with E-state index < -0.39 is 0 Å². The monoisotopic (exact) mass is 208 g/mol. The molecule has 1 aliphatic heterocycles. The van der Waals surface area contributed by atoms with Crippen molar-refractivity contribution in [2.45, 2.75) is 25.2 Å². The van der Waals surface area contributed by atoms with E-state index in [-0.39, 0.29) is 6.61 Å². The normalized spacial score (nSPS) is 17.9. The number of hydrogen-bond donors (Lipinski definition) is 1. The fraction of sp³-hybridized carbons (Fsp3) is 0.636. The Morgan fingerprint density at radius 3 is 2.93 bits per heavy atom. The molecular formula is C11H16N2O2. The molecule has 1 N–H and O–H groups in total. The van der Waals surface area contributed by atoms with Crippen molar-refractivity contribution in [3.63, 3.8) is 0 Å². The zero-order valence-electron chi connectivity index (χ0n) is 8.72. The zero-order chi connectivity index (χ0) is 10.5. The van der Waals surface area contributed by atoms with Gasteiger partial charge in [-0.15, -0.1) is 0 Å². The van der Waals surface area contributed by atoms with Gasteiger partial charge in [0, 0.05) is 37.4 Å². The number of aliphatic hydroxyl groups is 1. The predicted molar refractivity (Wildman–Crippen MR) is 55.6 cm³/mol. The summed E-state index contributed by atoms with van der Waals surface area (Å²) in [5.41, 5.74) is 1.09. The van der Waals surface area contributed by atoms with Crippen molar-refractivity contribution in [3.8, 4) is 0 Å². The second-order valence-corrected chi connectivity index (χ2v) is 3.76. The molecule has 1 aliphatic rings. The van der Waals surface area contributed by atoms with Gasteiger partial charge >= 0.3 is 0 Å². The number of aromatic nitrogens is 2. The van der Waals surface area contributed by atoms with Crippen LogP contribution in [0.1, 0.15) is 30.3 Å². The summed E-state index contributed by atoms with van der Waals surface area (Å²) >= 11 is 0. The van der Waals surface area contributed by atoms with Gasteiger partial charge in [0.15, 0.2) is 0 Å². The minimum absolute atomic E-state index is 0.108. The van der Waals surface area contributed by atoms with Crippen LogP contribution in [-0.4, -0.2) is 34.9 Å². The van der Waals surface area contributed by atoms with Crippen LogP contribution >= 0.6 is 0 Å². The molecular weight excluding hydrogens is 192 g/mol. The lowest BCUT2D eigenvalue weighted by molar-refractivity contribution is 0.0844. The molecule has 0 unspecified atom stereocenters. The van der Waals surface area contributed by atoms with Crippen LogP contribution in [0.4, 0.5) is 0 Å². The molecule has 2 heterocycles. The van der Waals surface area contributed by atoms with Crippen molar-refractivity contribution in [2.24, 2.45) is 0 Å². The molecule has 0 aromatic carbocycles. The van der Waals surface area contributed by atoms with Gasteiger partial charge in [0.1, 0.15) is 5.82 Å². The van der Waals surface area contributed by atoms with Gasteiger partial charge in [-0.3, -0.25) is 0 Å². The largest absolute Gasteiger partial charge is 0.396 e. The first-order valence-corrected chi connectivity index (χ1v) is 5.40. The highest BCUT2D eigenvalue weighted by atomic mass is 16.5. The van der Waals surface area contributed by atoms with Gasteiger partial charge in [0.05, 0.1) is 6.61 Å². The first kappa shape index (κ1) is 10.5. The molecule has 82 valence electrons. The molecule has 0 atom stereocenters. The van der Waals surface area contributed by atoms with Gasteiger partial charge in [0.2, 0.25) is 0 Å². The minimum atomic E-state index is 0.108. The summed E-state index contributed by atoms with van der Waals surface area (Å²) in [6.45, 7) is 1.76. The average Bonchev–Trinajstić information content (AvgIpc) is 2.31. The Labute approximate surface area is 89.3 Å². The van der Waals surface area contributed by atoms with Gasteiger partial charge in [-0.25, -0.2) is 9.97 Å². The maximum atomic E-state index is 8.82. The zero-order valence-corrected chi connectivity index (χ0v) is 8.72. The molecule has 1 aromatic rings. The van der Waals surface area contributed by atoms with Crippen LogP contribution in [0.25, 0.3) is 0 Å². The molecule has 0 saturated carbocycles. The van der Waals surface area contributed by atoms with Crippen LogP contribution in [-0.2, 0) is 11.2 Å². The molecule has 0 bridgehead atoms. The predicted octanol–water partition coefficient (Wildman–Crippen LogP) is 0.905. The molecule has 0 amide bonds. The summed E-state index contributed by atoms with van der Waals surface area (Å²) in [4.78, 5) is 8.58. The fourth-order valence-corrected chi connectivity index (χ4v) is 1.86. The summed E-state index contributed by atoms with van der Waals surface area (Å²) in [6, 6.07) is 1.97. The van der Waals surface area contributed by atoms with E-state index in [9.17, 15) is 0 Å². The maximum Gasteiger partial charge on any atom is 0.130 e. The van der Waals surface area contributed by atoms with Gasteiger partial charge in [-0.05, 0) is 18.9 Å². The quantitative estimate of drug-likeness (QED) is 0.802. The van der Waals surface area contributed by atoms with Crippen molar-refractivity contribution in [1.82, 2.24) is 9.97 Å². The van der Waals surface area contributed by atoms with Gasteiger partial charge in [-0.2, -0.15) is 0 Å². The first-order chi connectivity index (χ1) is 7.40. The van der Waals surface area contributed by atoms with Crippen molar-refractivity contribution in [1.29, 1.82) is 0 Å². The van der Waals surface area contributed by atoms with Gasteiger partial charge < -0.3 is 9.84 Å². The van der Waals surface area contributed by atoms with E-state index in [2.05, 4.69) is 9.97 Å². The summed E-state index contributed by atoms with van der Waals surface area (Å²) < 4.78 is 5.32. The Balaban J connectivity index is 2.09. The van der Waals surface area contributed by atoms with Crippen molar-refractivity contribution in [2.75, 3.05) is 19.8 Å². The number of rotatable bonds is 3. The number of aliphatic hydroxyl groups excluding tert-OH is 1. The standard InChI is InChI=1S/C11H16N2O2/c14-6-2-11-12-5-1-10(13-11)9-3-7-15-8-4-9/h1,5,9,14H,2-4,6-8H2. The van der Waals surface area contributed by atoms with Gasteiger partial charge in [-0.1, -0.05) is 0 Å². The van der Waals surface area contributed by atoms with Crippen LogP contribution in [0.5, 0.6) is 0 Å². The van der Waals surface area contributed by atoms with E-state index in [1.807, 2.05) is 6.07 Å². The summed E-state index contributed by atoms with van der Waals surface area (Å²) in [5.74, 6) is 1.24. The lowest BCUT2D eigenvalue weighted by Crippen LogP contribution is -2.16. The number of ether oxygens (including phenoxy) is 1. The fourth-order valence-electron chi connectivity index (χ4n) is 1.86. The van der Waals surface area contributed by atoms with Crippen molar-refractivity contribution in [3.05, 3.63) is 23.8 Å². The molecule has 0 aliphatic carbocycles. The van der Waals surface area contributed by atoms with E-state index in [0.29, 0.717) is 12.3 Å². The smallest absolute Gasteiger partial charge is 0.130 e. The third-order valence-corrected chi connectivity index (χ3v) is 2.70. The maximum absolute atomic E-state index is 8.82. The van der Waals surface area contributed by atoms with Crippen LogP contribution in [0.3, 0.4) is 0 Å². The highest BCUT2D eigenvalue weighted by molar-refractivity contribution is 5.09. The van der Waals surface area contributed by atoms with Crippen LogP contribution in [0.15, 0.2) is 12.3 Å². The molecule has 4 nitrogen and oxygen atoms in total. The Bertz CT molecular complexity index is 311. The first-order valence-electron chi connectivity index (χ1n) is 5.40. The third kappa shape index (κ3) is 2.73. The van der Waals surface area contributed by atoms with E-state index >= 15 is 0 Å². The van der Waals surface area contributed by atoms with Crippen molar-refractivity contribution >= 4 is 0 Å². The number of nitrogens with zero attached hydrogens (tertiary/aromatic N) is 2. The number of hydrogen-bond acceptors (Lipinski definition) is 4. The lowest BCUT2D eigenvalue weighted by Gasteiger charge is -2.21. The topological polar surface area (TPSA) is 55.2 Å². The lowest BCUT2D eigenvalue weighted by atomic mass is 9.96. The Hall–Kier alpha value is -1.00. The van der Waals surface area contributed by atoms with Crippen LogP contribution in [0, 0.1) is 0 Å². The van der Waals surface area contributed by atoms with Crippen LogP contribution in [0.2, 0.25) is 0 Å². The Morgan fingerprint density at radius 1 is 1.40 bits per heavy atom. The molecule has 4 heteroatoms. The second kappa shape index (κ2) is 5.19. The van der Waals surface area contributed by atoms with E-state index in [0.717, 1.165) is 37.6 Å². The van der Waals surface area contributed by atoms with E-state index in [4.69, 9.17) is 9.84 Å². The molecule has 2 rings (SSSR count). The molecule has 0 spiro atoms. The second-order valence-electron chi connectivity index (χ2n) is 3.76. The Kier molecular flexibility index (Phi) is 3.64. The summed E-state index contributed by atoms with van der Waals surface area (Å²) in [7, 11) is 0. The van der Waals surface area contributed by atoms with Crippen LogP contribution < -0.4 is 0 Å². The molecule has 1 saturated heterocycles. The van der Waals surface area contributed by atoms with E-state index in [1.165, 1.54) is 0 Å². The summed E-state index contributed by atoms with van der Waals surface area (Å²) in [6.07, 6.45) is 4.39. The average molecular weight is 208 g/mol. The Morgan fingerprint density at radius 2 is 2.20 bits per heavy atom. The third-order valence-electron chi connectivity index (χ3n) is 2.70. The van der Waals surface area contributed by atoms with Crippen molar-refractivity contribution < 1.29 is 9.84 Å². The molecule has 1 fully saturated rings. The highest BCUT2D eigenvalue weighted by Gasteiger charge is 2.17. The van der Waals surface area contributed by atoms with E-state index in [1.54, 1.807) is 6.20 Å². The minimum Gasteiger partial charge on any atom is -0.396 e. The highest BCUT2D eigenvalue weighted by Crippen LogP contribution is 2.24. The molecule has 0 radical (unpaired) electrons. The van der Waals surface area contributed by atoms with Gasteiger partial charge in [0.25, 0.3) is 0 Å². The SMILES string of the molecule is OCCc1nccc(C2CCOCC2)n1. The summed E-state index contributed by atoms with van der Waals surface area (Å²) in [5, 5.41) is 8.82. The molecule has 1 aromatic heterocycles.